The van der Waals surface area contributed by atoms with Crippen LogP contribution in [0.25, 0.3) is 0 Å². The summed E-state index contributed by atoms with van der Waals surface area (Å²) in [5, 5.41) is 11.5. The van der Waals surface area contributed by atoms with E-state index >= 15 is 0 Å². The van der Waals surface area contributed by atoms with Crippen LogP contribution < -0.4 is 0 Å². The van der Waals surface area contributed by atoms with Crippen molar-refractivity contribution in [1.82, 2.24) is 4.98 Å². The molecular formula is C19H16ClNO. The van der Waals surface area contributed by atoms with Crippen LogP contribution in [0.1, 0.15) is 28.8 Å². The summed E-state index contributed by atoms with van der Waals surface area (Å²) in [5.41, 5.74) is 2.54. The minimum atomic E-state index is -0.758. The summed E-state index contributed by atoms with van der Waals surface area (Å²) in [6.45, 7) is 0. The standard InChI is InChI=1S/C19H16ClNO/c20-16-11-5-4-10-15(16)19(22)18(14-8-2-1-3-9-14)17-12-6-7-13-21-17/h1-13,18-19,22H/t18-,19-/m0/s1. The zero-order valence-electron chi connectivity index (χ0n) is 11.9. The molecule has 22 heavy (non-hydrogen) atoms. The van der Waals surface area contributed by atoms with Crippen LogP contribution in [-0.4, -0.2) is 10.1 Å². The van der Waals surface area contributed by atoms with Gasteiger partial charge in [-0.15, -0.1) is 0 Å². The largest absolute Gasteiger partial charge is 0.387 e. The first-order valence-corrected chi connectivity index (χ1v) is 7.53. The maximum atomic E-state index is 10.9. The molecule has 110 valence electrons. The Morgan fingerprint density at radius 3 is 2.18 bits per heavy atom. The fraction of sp³-hybridized carbons (Fsp3) is 0.105. The fourth-order valence-corrected chi connectivity index (χ4v) is 2.88. The average Bonchev–Trinajstić information content (AvgIpc) is 2.57. The highest BCUT2D eigenvalue weighted by atomic mass is 35.5. The number of halogens is 1. The van der Waals surface area contributed by atoms with Crippen LogP contribution in [-0.2, 0) is 0 Å². The molecule has 0 aliphatic heterocycles. The predicted octanol–water partition coefficient (Wildman–Crippen LogP) is 4.60. The van der Waals surface area contributed by atoms with E-state index in [1.807, 2.05) is 66.7 Å². The highest BCUT2D eigenvalue weighted by Gasteiger charge is 2.26. The second-order valence-electron chi connectivity index (χ2n) is 5.11. The maximum absolute atomic E-state index is 10.9. The number of aliphatic hydroxyl groups is 1. The van der Waals surface area contributed by atoms with Crippen molar-refractivity contribution in [2.45, 2.75) is 12.0 Å². The van der Waals surface area contributed by atoms with Crippen LogP contribution >= 0.6 is 11.6 Å². The predicted molar refractivity (Wildman–Crippen MR) is 88.9 cm³/mol. The van der Waals surface area contributed by atoms with Crippen molar-refractivity contribution >= 4 is 11.6 Å². The van der Waals surface area contributed by atoms with Gasteiger partial charge in [0.2, 0.25) is 0 Å². The van der Waals surface area contributed by atoms with Crippen LogP contribution in [0, 0.1) is 0 Å². The molecule has 0 amide bonds. The molecule has 0 radical (unpaired) electrons. The van der Waals surface area contributed by atoms with Crippen molar-refractivity contribution < 1.29 is 5.11 Å². The molecule has 0 bridgehead atoms. The Balaban J connectivity index is 2.08. The summed E-state index contributed by atoms with van der Waals surface area (Å²) in [6.07, 6.45) is 0.982. The van der Waals surface area contributed by atoms with E-state index in [0.29, 0.717) is 10.6 Å². The highest BCUT2D eigenvalue weighted by Crippen LogP contribution is 2.38. The molecule has 0 saturated carbocycles. The summed E-state index contributed by atoms with van der Waals surface area (Å²) in [6, 6.07) is 23.0. The Morgan fingerprint density at radius 2 is 1.50 bits per heavy atom. The Morgan fingerprint density at radius 1 is 0.818 bits per heavy atom. The van der Waals surface area contributed by atoms with Gasteiger partial charge in [-0.1, -0.05) is 66.2 Å². The van der Waals surface area contributed by atoms with Crippen LogP contribution in [0.4, 0.5) is 0 Å². The maximum Gasteiger partial charge on any atom is 0.0928 e. The minimum Gasteiger partial charge on any atom is -0.387 e. The molecule has 3 heteroatoms. The first-order chi connectivity index (χ1) is 10.8. The summed E-state index contributed by atoms with van der Waals surface area (Å²) in [4.78, 5) is 4.43. The first kappa shape index (κ1) is 14.8. The first-order valence-electron chi connectivity index (χ1n) is 7.16. The lowest BCUT2D eigenvalue weighted by Gasteiger charge is -2.24. The van der Waals surface area contributed by atoms with Gasteiger partial charge in [0.15, 0.2) is 0 Å². The minimum absolute atomic E-state index is 0.262. The normalized spacial score (nSPS) is 13.5. The quantitative estimate of drug-likeness (QED) is 0.764. The monoisotopic (exact) mass is 309 g/mol. The lowest BCUT2D eigenvalue weighted by Crippen LogP contribution is -2.14. The molecule has 0 aliphatic carbocycles. The molecule has 0 fully saturated rings. The van der Waals surface area contributed by atoms with Gasteiger partial charge in [-0.05, 0) is 23.8 Å². The summed E-state index contributed by atoms with van der Waals surface area (Å²) in [7, 11) is 0. The topological polar surface area (TPSA) is 33.1 Å². The van der Waals surface area contributed by atoms with Crippen molar-refractivity contribution in [3.8, 4) is 0 Å². The third-order valence-corrected chi connectivity index (χ3v) is 4.05. The van der Waals surface area contributed by atoms with Gasteiger partial charge < -0.3 is 5.11 Å². The van der Waals surface area contributed by atoms with Crippen molar-refractivity contribution in [3.05, 3.63) is 101 Å². The highest BCUT2D eigenvalue weighted by molar-refractivity contribution is 6.31. The van der Waals surface area contributed by atoms with E-state index in [4.69, 9.17) is 11.6 Å². The smallest absolute Gasteiger partial charge is 0.0928 e. The zero-order valence-corrected chi connectivity index (χ0v) is 12.7. The molecule has 2 aromatic carbocycles. The van der Waals surface area contributed by atoms with E-state index in [0.717, 1.165) is 11.3 Å². The summed E-state index contributed by atoms with van der Waals surface area (Å²) >= 11 is 6.26. The number of hydrogen-bond donors (Lipinski definition) is 1. The summed E-state index contributed by atoms with van der Waals surface area (Å²) in [5.74, 6) is -0.262. The van der Waals surface area contributed by atoms with Gasteiger partial charge >= 0.3 is 0 Å². The molecule has 0 saturated heterocycles. The molecular weight excluding hydrogens is 294 g/mol. The number of rotatable bonds is 4. The van der Waals surface area contributed by atoms with Gasteiger partial charge in [0.05, 0.1) is 17.7 Å². The SMILES string of the molecule is O[C@@H](c1ccccc1Cl)[C@@H](c1ccccc1)c1ccccn1. The number of benzene rings is 2. The lowest BCUT2D eigenvalue weighted by molar-refractivity contribution is 0.157. The van der Waals surface area contributed by atoms with E-state index in [9.17, 15) is 5.11 Å². The molecule has 2 nitrogen and oxygen atoms in total. The van der Waals surface area contributed by atoms with E-state index in [1.54, 1.807) is 12.3 Å². The van der Waals surface area contributed by atoms with Gasteiger partial charge in [0.25, 0.3) is 0 Å². The number of hydrogen-bond acceptors (Lipinski definition) is 2. The third-order valence-electron chi connectivity index (χ3n) is 3.70. The van der Waals surface area contributed by atoms with Crippen LogP contribution in [0.3, 0.4) is 0 Å². The second-order valence-corrected chi connectivity index (χ2v) is 5.52. The van der Waals surface area contributed by atoms with Crippen LogP contribution in [0.15, 0.2) is 79.0 Å². The number of aliphatic hydroxyl groups excluding tert-OH is 1. The average molecular weight is 310 g/mol. The Labute approximate surface area is 135 Å². The Hall–Kier alpha value is -2.16. The van der Waals surface area contributed by atoms with Crippen molar-refractivity contribution in [1.29, 1.82) is 0 Å². The van der Waals surface area contributed by atoms with Gasteiger partial charge in [0, 0.05) is 16.8 Å². The third kappa shape index (κ3) is 3.03. The fourth-order valence-electron chi connectivity index (χ4n) is 2.63. The molecule has 0 aliphatic rings. The van der Waals surface area contributed by atoms with Crippen molar-refractivity contribution in [3.63, 3.8) is 0 Å². The number of pyridine rings is 1. The van der Waals surface area contributed by atoms with E-state index in [1.165, 1.54) is 0 Å². The Kier molecular flexibility index (Phi) is 4.52. The molecule has 1 heterocycles. The molecule has 2 atom stereocenters. The lowest BCUT2D eigenvalue weighted by atomic mass is 9.86. The van der Waals surface area contributed by atoms with Gasteiger partial charge in [-0.25, -0.2) is 0 Å². The number of aromatic nitrogens is 1. The van der Waals surface area contributed by atoms with Gasteiger partial charge in [-0.3, -0.25) is 4.98 Å². The van der Waals surface area contributed by atoms with Crippen molar-refractivity contribution in [2.75, 3.05) is 0 Å². The molecule has 3 aromatic rings. The van der Waals surface area contributed by atoms with E-state index in [2.05, 4.69) is 4.98 Å². The van der Waals surface area contributed by atoms with E-state index in [-0.39, 0.29) is 5.92 Å². The van der Waals surface area contributed by atoms with Crippen LogP contribution in [0.5, 0.6) is 0 Å². The van der Waals surface area contributed by atoms with Gasteiger partial charge in [-0.2, -0.15) is 0 Å². The summed E-state index contributed by atoms with van der Waals surface area (Å²) < 4.78 is 0. The molecule has 1 N–H and O–H groups in total. The van der Waals surface area contributed by atoms with Gasteiger partial charge in [0.1, 0.15) is 0 Å². The molecule has 0 spiro atoms. The van der Waals surface area contributed by atoms with E-state index < -0.39 is 6.10 Å². The Bertz CT molecular complexity index is 691. The molecule has 0 unspecified atom stereocenters. The molecule has 1 aromatic heterocycles. The van der Waals surface area contributed by atoms with Crippen molar-refractivity contribution in [2.24, 2.45) is 0 Å². The number of nitrogens with zero attached hydrogens (tertiary/aromatic N) is 1. The molecule has 3 rings (SSSR count). The zero-order chi connectivity index (χ0) is 15.4. The van der Waals surface area contributed by atoms with Crippen LogP contribution in [0.2, 0.25) is 5.02 Å². The second kappa shape index (κ2) is 6.73.